The number of hydrogen-bond acceptors (Lipinski definition) is 3. The molecule has 1 aliphatic rings. The van der Waals surface area contributed by atoms with Crippen molar-refractivity contribution in [2.75, 3.05) is 25.2 Å². The highest BCUT2D eigenvalue weighted by Crippen LogP contribution is 2.19. The van der Waals surface area contributed by atoms with Crippen molar-refractivity contribution in [1.82, 2.24) is 5.32 Å². The van der Waals surface area contributed by atoms with Crippen LogP contribution in [0.5, 0.6) is 5.75 Å². The fourth-order valence-electron chi connectivity index (χ4n) is 2.19. The summed E-state index contributed by atoms with van der Waals surface area (Å²) < 4.78 is 5.35. The Morgan fingerprint density at radius 2 is 2.29 bits per heavy atom. The van der Waals surface area contributed by atoms with Crippen LogP contribution in [-0.4, -0.2) is 31.2 Å². The number of ether oxygens (including phenoxy) is 1. The fraction of sp³-hybridized carbons (Fsp3) is 0.571. The van der Waals surface area contributed by atoms with Crippen LogP contribution in [0.2, 0.25) is 0 Å². The average molecular weight is 251 g/mol. The molecule has 0 bridgehead atoms. The largest absolute Gasteiger partial charge is 0.496 e. The van der Waals surface area contributed by atoms with Gasteiger partial charge in [0.2, 0.25) is 0 Å². The molecule has 3 heteroatoms. The van der Waals surface area contributed by atoms with Gasteiger partial charge in [0, 0.05) is 11.8 Å². The van der Waals surface area contributed by atoms with Gasteiger partial charge in [0.1, 0.15) is 5.75 Å². The van der Waals surface area contributed by atoms with Crippen molar-refractivity contribution in [3.8, 4) is 5.75 Å². The molecule has 1 N–H and O–H groups in total. The van der Waals surface area contributed by atoms with E-state index in [4.69, 9.17) is 4.74 Å². The van der Waals surface area contributed by atoms with E-state index in [9.17, 15) is 0 Å². The third-order valence-corrected chi connectivity index (χ3v) is 4.34. The molecule has 0 amide bonds. The molecule has 0 spiro atoms. The second-order valence-electron chi connectivity index (χ2n) is 4.43. The van der Waals surface area contributed by atoms with Crippen LogP contribution in [0.15, 0.2) is 24.3 Å². The van der Waals surface area contributed by atoms with Crippen molar-refractivity contribution in [2.45, 2.75) is 25.3 Å². The molecule has 1 fully saturated rings. The van der Waals surface area contributed by atoms with Gasteiger partial charge in [0.25, 0.3) is 0 Å². The zero-order chi connectivity index (χ0) is 11.9. The Labute approximate surface area is 108 Å². The molecule has 94 valence electrons. The summed E-state index contributed by atoms with van der Waals surface area (Å²) in [6.07, 6.45) is 3.61. The molecule has 0 radical (unpaired) electrons. The highest BCUT2D eigenvalue weighted by atomic mass is 32.2. The van der Waals surface area contributed by atoms with Crippen LogP contribution in [0.4, 0.5) is 0 Å². The third kappa shape index (κ3) is 3.93. The van der Waals surface area contributed by atoms with Crippen LogP contribution in [0.25, 0.3) is 0 Å². The predicted molar refractivity (Wildman–Crippen MR) is 75.0 cm³/mol. The first kappa shape index (κ1) is 12.8. The van der Waals surface area contributed by atoms with Crippen LogP contribution >= 0.6 is 11.8 Å². The van der Waals surface area contributed by atoms with Gasteiger partial charge in [0.05, 0.1) is 7.11 Å². The molecule has 1 atom stereocenters. The number of hydrogen-bond donors (Lipinski definition) is 1. The van der Waals surface area contributed by atoms with Gasteiger partial charge in [-0.1, -0.05) is 18.2 Å². The Balaban J connectivity index is 1.70. The van der Waals surface area contributed by atoms with Gasteiger partial charge >= 0.3 is 0 Å². The van der Waals surface area contributed by atoms with Crippen LogP contribution in [0, 0.1) is 0 Å². The number of aryl methyl sites for hydroxylation is 1. The first-order valence-electron chi connectivity index (χ1n) is 6.33. The summed E-state index contributed by atoms with van der Waals surface area (Å²) in [4.78, 5) is 0. The SMILES string of the molecule is COc1ccccc1CCCN[C@H]1CCSC1. The van der Waals surface area contributed by atoms with E-state index in [0.717, 1.165) is 24.8 Å². The Bertz CT molecular complexity index is 337. The molecule has 1 heterocycles. The zero-order valence-corrected chi connectivity index (χ0v) is 11.3. The quantitative estimate of drug-likeness (QED) is 0.786. The third-order valence-electron chi connectivity index (χ3n) is 3.18. The summed E-state index contributed by atoms with van der Waals surface area (Å²) in [6.45, 7) is 1.11. The lowest BCUT2D eigenvalue weighted by molar-refractivity contribution is 0.408. The molecular weight excluding hydrogens is 230 g/mol. The second kappa shape index (κ2) is 6.92. The van der Waals surface area contributed by atoms with Gasteiger partial charge in [0.15, 0.2) is 0 Å². The van der Waals surface area contributed by atoms with Gasteiger partial charge in [-0.3, -0.25) is 0 Å². The summed E-state index contributed by atoms with van der Waals surface area (Å²) in [6, 6.07) is 9.05. The van der Waals surface area contributed by atoms with E-state index in [1.54, 1.807) is 7.11 Å². The molecule has 1 aromatic carbocycles. The molecule has 0 saturated carbocycles. The van der Waals surface area contributed by atoms with Crippen LogP contribution < -0.4 is 10.1 Å². The van der Waals surface area contributed by atoms with Crippen molar-refractivity contribution in [3.63, 3.8) is 0 Å². The summed E-state index contributed by atoms with van der Waals surface area (Å²) in [5, 5.41) is 3.63. The van der Waals surface area contributed by atoms with Crippen molar-refractivity contribution in [3.05, 3.63) is 29.8 Å². The molecule has 0 aliphatic carbocycles. The Morgan fingerprint density at radius 1 is 1.41 bits per heavy atom. The van der Waals surface area contributed by atoms with E-state index in [2.05, 4.69) is 29.2 Å². The standard InChI is InChI=1S/C14H21NOS/c1-16-14-7-3-2-5-12(14)6-4-9-15-13-8-10-17-11-13/h2-3,5,7,13,15H,4,6,8-11H2,1H3/t13-/m0/s1. The fourth-order valence-corrected chi connectivity index (χ4v) is 3.38. The first-order valence-corrected chi connectivity index (χ1v) is 7.48. The van der Waals surface area contributed by atoms with Gasteiger partial charge in [-0.05, 0) is 43.2 Å². The lowest BCUT2D eigenvalue weighted by Crippen LogP contribution is -2.29. The van der Waals surface area contributed by atoms with E-state index in [1.807, 2.05) is 12.1 Å². The number of thioether (sulfide) groups is 1. The molecular formula is C14H21NOS. The molecule has 2 nitrogen and oxygen atoms in total. The summed E-state index contributed by atoms with van der Waals surface area (Å²) in [7, 11) is 1.74. The van der Waals surface area contributed by atoms with E-state index in [-0.39, 0.29) is 0 Å². The van der Waals surface area contributed by atoms with Crippen LogP contribution in [-0.2, 0) is 6.42 Å². The van der Waals surface area contributed by atoms with Gasteiger partial charge in [-0.25, -0.2) is 0 Å². The normalized spacial score (nSPS) is 19.5. The number of rotatable bonds is 6. The maximum atomic E-state index is 5.35. The number of benzene rings is 1. The minimum Gasteiger partial charge on any atom is -0.496 e. The van der Waals surface area contributed by atoms with Gasteiger partial charge < -0.3 is 10.1 Å². The average Bonchev–Trinajstić information content (AvgIpc) is 2.88. The Kier molecular flexibility index (Phi) is 5.20. The first-order chi connectivity index (χ1) is 8.40. The predicted octanol–water partition coefficient (Wildman–Crippen LogP) is 2.72. The smallest absolute Gasteiger partial charge is 0.122 e. The Hall–Kier alpha value is -0.670. The second-order valence-corrected chi connectivity index (χ2v) is 5.58. The van der Waals surface area contributed by atoms with Crippen molar-refractivity contribution >= 4 is 11.8 Å². The molecule has 1 aromatic rings. The van der Waals surface area contributed by atoms with E-state index in [1.165, 1.54) is 29.9 Å². The molecule has 17 heavy (non-hydrogen) atoms. The lowest BCUT2D eigenvalue weighted by atomic mass is 10.1. The van der Waals surface area contributed by atoms with E-state index >= 15 is 0 Å². The summed E-state index contributed by atoms with van der Waals surface area (Å²) >= 11 is 2.06. The minimum atomic E-state index is 0.748. The van der Waals surface area contributed by atoms with Crippen molar-refractivity contribution in [1.29, 1.82) is 0 Å². The highest BCUT2D eigenvalue weighted by molar-refractivity contribution is 7.99. The monoisotopic (exact) mass is 251 g/mol. The Morgan fingerprint density at radius 3 is 3.06 bits per heavy atom. The molecule has 2 rings (SSSR count). The van der Waals surface area contributed by atoms with Crippen LogP contribution in [0.1, 0.15) is 18.4 Å². The van der Waals surface area contributed by atoms with Crippen LogP contribution in [0.3, 0.4) is 0 Å². The number of methoxy groups -OCH3 is 1. The van der Waals surface area contributed by atoms with Crippen molar-refractivity contribution < 1.29 is 4.74 Å². The summed E-state index contributed by atoms with van der Waals surface area (Å²) in [5.74, 6) is 3.63. The molecule has 1 aliphatic heterocycles. The van der Waals surface area contributed by atoms with Gasteiger partial charge in [-0.2, -0.15) is 11.8 Å². The van der Waals surface area contributed by atoms with E-state index < -0.39 is 0 Å². The summed E-state index contributed by atoms with van der Waals surface area (Å²) in [5.41, 5.74) is 1.32. The number of nitrogens with one attached hydrogen (secondary N) is 1. The zero-order valence-electron chi connectivity index (χ0n) is 10.4. The van der Waals surface area contributed by atoms with Gasteiger partial charge in [-0.15, -0.1) is 0 Å². The molecule has 0 unspecified atom stereocenters. The van der Waals surface area contributed by atoms with E-state index in [0.29, 0.717) is 0 Å². The molecule has 1 saturated heterocycles. The lowest BCUT2D eigenvalue weighted by Gasteiger charge is -2.12. The molecule has 0 aromatic heterocycles. The minimum absolute atomic E-state index is 0.748. The highest BCUT2D eigenvalue weighted by Gasteiger charge is 2.13. The van der Waals surface area contributed by atoms with Crippen molar-refractivity contribution in [2.24, 2.45) is 0 Å². The number of para-hydroxylation sites is 1. The maximum absolute atomic E-state index is 5.35. The maximum Gasteiger partial charge on any atom is 0.122 e. The topological polar surface area (TPSA) is 21.3 Å².